The van der Waals surface area contributed by atoms with Crippen LogP contribution in [0.25, 0.3) is 0 Å². The SMILES string of the molecule is CN(CCc1ccccc1)c1cncc(N)n1. The number of rotatable bonds is 4. The van der Waals surface area contributed by atoms with Gasteiger partial charge in [-0.25, -0.2) is 4.98 Å². The summed E-state index contributed by atoms with van der Waals surface area (Å²) in [6.45, 7) is 0.891. The molecule has 1 heterocycles. The summed E-state index contributed by atoms with van der Waals surface area (Å²) >= 11 is 0. The van der Waals surface area contributed by atoms with E-state index in [1.165, 1.54) is 5.56 Å². The van der Waals surface area contributed by atoms with Crippen molar-refractivity contribution in [1.29, 1.82) is 0 Å². The summed E-state index contributed by atoms with van der Waals surface area (Å²) in [5.41, 5.74) is 6.92. The Balaban J connectivity index is 1.96. The van der Waals surface area contributed by atoms with E-state index in [1.807, 2.05) is 13.1 Å². The van der Waals surface area contributed by atoms with Crippen LogP contribution in [0.4, 0.5) is 11.6 Å². The average molecular weight is 228 g/mol. The molecule has 2 aromatic rings. The third-order valence-electron chi connectivity index (χ3n) is 2.61. The highest BCUT2D eigenvalue weighted by Gasteiger charge is 2.03. The van der Waals surface area contributed by atoms with E-state index in [2.05, 4.69) is 39.1 Å². The van der Waals surface area contributed by atoms with E-state index in [4.69, 9.17) is 5.73 Å². The van der Waals surface area contributed by atoms with Crippen molar-refractivity contribution in [2.24, 2.45) is 0 Å². The summed E-state index contributed by atoms with van der Waals surface area (Å²) in [6, 6.07) is 10.4. The van der Waals surface area contributed by atoms with Gasteiger partial charge in [0.05, 0.1) is 12.4 Å². The largest absolute Gasteiger partial charge is 0.382 e. The first-order valence-corrected chi connectivity index (χ1v) is 5.58. The topological polar surface area (TPSA) is 55.0 Å². The molecule has 2 rings (SSSR count). The zero-order chi connectivity index (χ0) is 12.1. The van der Waals surface area contributed by atoms with Crippen molar-refractivity contribution in [2.75, 3.05) is 24.2 Å². The smallest absolute Gasteiger partial charge is 0.149 e. The second-order valence-electron chi connectivity index (χ2n) is 3.96. The standard InChI is InChI=1S/C13H16N4/c1-17(13-10-15-9-12(14)16-13)8-7-11-5-3-2-4-6-11/h2-6,9-10H,7-8H2,1H3,(H2,14,16). The number of benzene rings is 1. The zero-order valence-corrected chi connectivity index (χ0v) is 9.87. The minimum absolute atomic E-state index is 0.453. The van der Waals surface area contributed by atoms with E-state index in [9.17, 15) is 0 Å². The van der Waals surface area contributed by atoms with Crippen LogP contribution in [0, 0.1) is 0 Å². The van der Waals surface area contributed by atoms with Gasteiger partial charge in [-0.1, -0.05) is 30.3 Å². The molecule has 0 bridgehead atoms. The Morgan fingerprint density at radius 2 is 1.94 bits per heavy atom. The van der Waals surface area contributed by atoms with Crippen LogP contribution in [0.15, 0.2) is 42.7 Å². The van der Waals surface area contributed by atoms with E-state index < -0.39 is 0 Å². The fraction of sp³-hybridized carbons (Fsp3) is 0.231. The lowest BCUT2D eigenvalue weighted by Crippen LogP contribution is -2.21. The Hall–Kier alpha value is -2.10. The normalized spacial score (nSPS) is 10.2. The van der Waals surface area contributed by atoms with E-state index in [-0.39, 0.29) is 0 Å². The van der Waals surface area contributed by atoms with Crippen molar-refractivity contribution >= 4 is 11.6 Å². The van der Waals surface area contributed by atoms with E-state index in [1.54, 1.807) is 12.4 Å². The second-order valence-corrected chi connectivity index (χ2v) is 3.96. The maximum absolute atomic E-state index is 5.60. The van der Waals surface area contributed by atoms with E-state index in [0.717, 1.165) is 18.8 Å². The summed E-state index contributed by atoms with van der Waals surface area (Å²) in [5.74, 6) is 1.26. The molecule has 1 aromatic carbocycles. The molecule has 0 radical (unpaired) electrons. The minimum atomic E-state index is 0.453. The summed E-state index contributed by atoms with van der Waals surface area (Å²) in [5, 5.41) is 0. The van der Waals surface area contributed by atoms with Crippen molar-refractivity contribution in [3.63, 3.8) is 0 Å². The van der Waals surface area contributed by atoms with Gasteiger partial charge in [0.15, 0.2) is 0 Å². The van der Waals surface area contributed by atoms with Gasteiger partial charge < -0.3 is 10.6 Å². The zero-order valence-electron chi connectivity index (χ0n) is 9.87. The van der Waals surface area contributed by atoms with Crippen LogP contribution in [0.2, 0.25) is 0 Å². The van der Waals surface area contributed by atoms with Gasteiger partial charge in [-0.15, -0.1) is 0 Å². The van der Waals surface area contributed by atoms with Crippen LogP contribution in [-0.4, -0.2) is 23.6 Å². The molecule has 0 aliphatic carbocycles. The highest BCUT2D eigenvalue weighted by atomic mass is 15.2. The molecule has 0 atom stereocenters. The quantitative estimate of drug-likeness (QED) is 0.866. The highest BCUT2D eigenvalue weighted by molar-refractivity contribution is 5.40. The van der Waals surface area contributed by atoms with Crippen LogP contribution in [0.1, 0.15) is 5.56 Å². The number of nitrogen functional groups attached to an aromatic ring is 1. The van der Waals surface area contributed by atoms with Crippen molar-refractivity contribution in [3.8, 4) is 0 Å². The van der Waals surface area contributed by atoms with Crippen molar-refractivity contribution in [3.05, 3.63) is 48.3 Å². The molecule has 0 aliphatic rings. The van der Waals surface area contributed by atoms with Crippen molar-refractivity contribution in [2.45, 2.75) is 6.42 Å². The van der Waals surface area contributed by atoms with Crippen LogP contribution in [-0.2, 0) is 6.42 Å². The predicted octanol–water partition coefficient (Wildman–Crippen LogP) is 1.74. The molecule has 0 unspecified atom stereocenters. The van der Waals surface area contributed by atoms with Crippen LogP contribution in [0.3, 0.4) is 0 Å². The Kier molecular flexibility index (Phi) is 3.55. The van der Waals surface area contributed by atoms with Gasteiger partial charge in [-0.3, -0.25) is 4.98 Å². The first-order chi connectivity index (χ1) is 8.25. The molecule has 0 fully saturated rings. The monoisotopic (exact) mass is 228 g/mol. The van der Waals surface area contributed by atoms with Crippen molar-refractivity contribution in [1.82, 2.24) is 9.97 Å². The number of nitrogens with zero attached hydrogens (tertiary/aromatic N) is 3. The molecule has 2 N–H and O–H groups in total. The second kappa shape index (κ2) is 5.30. The van der Waals surface area contributed by atoms with Gasteiger partial charge in [-0.2, -0.15) is 0 Å². The third-order valence-corrected chi connectivity index (χ3v) is 2.61. The first-order valence-electron chi connectivity index (χ1n) is 5.58. The van der Waals surface area contributed by atoms with Gasteiger partial charge in [0.2, 0.25) is 0 Å². The summed E-state index contributed by atoms with van der Waals surface area (Å²) in [4.78, 5) is 10.3. The number of hydrogen-bond donors (Lipinski definition) is 1. The Morgan fingerprint density at radius 3 is 2.65 bits per heavy atom. The average Bonchev–Trinajstić information content (AvgIpc) is 2.37. The number of nitrogens with two attached hydrogens (primary N) is 1. The number of likely N-dealkylation sites (N-methyl/N-ethyl adjacent to an activating group) is 1. The van der Waals surface area contributed by atoms with Gasteiger partial charge in [-0.05, 0) is 12.0 Å². The molecule has 0 saturated heterocycles. The van der Waals surface area contributed by atoms with Crippen molar-refractivity contribution < 1.29 is 0 Å². The Morgan fingerprint density at radius 1 is 1.18 bits per heavy atom. The lowest BCUT2D eigenvalue weighted by atomic mass is 10.1. The molecular weight excluding hydrogens is 212 g/mol. The van der Waals surface area contributed by atoms with E-state index in [0.29, 0.717) is 5.82 Å². The Bertz CT molecular complexity index is 470. The van der Waals surface area contributed by atoms with Gasteiger partial charge in [0, 0.05) is 13.6 Å². The van der Waals surface area contributed by atoms with E-state index >= 15 is 0 Å². The molecule has 17 heavy (non-hydrogen) atoms. The Labute approximate surface area is 101 Å². The number of aromatic nitrogens is 2. The predicted molar refractivity (Wildman–Crippen MR) is 69.9 cm³/mol. The van der Waals surface area contributed by atoms with Crippen LogP contribution < -0.4 is 10.6 Å². The first kappa shape index (κ1) is 11.4. The number of anilines is 2. The third kappa shape index (κ3) is 3.17. The van der Waals surface area contributed by atoms with Gasteiger partial charge in [0.25, 0.3) is 0 Å². The molecule has 0 aliphatic heterocycles. The molecular formula is C13H16N4. The molecule has 0 saturated carbocycles. The highest BCUT2D eigenvalue weighted by Crippen LogP contribution is 2.09. The number of hydrogen-bond acceptors (Lipinski definition) is 4. The van der Waals surface area contributed by atoms with Gasteiger partial charge in [0.1, 0.15) is 11.6 Å². The minimum Gasteiger partial charge on any atom is -0.382 e. The summed E-state index contributed by atoms with van der Waals surface area (Å²) < 4.78 is 0. The fourth-order valence-corrected chi connectivity index (χ4v) is 1.61. The summed E-state index contributed by atoms with van der Waals surface area (Å²) in [7, 11) is 1.99. The maximum Gasteiger partial charge on any atom is 0.149 e. The summed E-state index contributed by atoms with van der Waals surface area (Å²) in [6.07, 6.45) is 4.25. The molecule has 4 nitrogen and oxygen atoms in total. The molecule has 0 spiro atoms. The lowest BCUT2D eigenvalue weighted by Gasteiger charge is -2.17. The molecule has 4 heteroatoms. The molecule has 1 aromatic heterocycles. The fourth-order valence-electron chi connectivity index (χ4n) is 1.61. The lowest BCUT2D eigenvalue weighted by molar-refractivity contribution is 0.856. The van der Waals surface area contributed by atoms with Crippen LogP contribution in [0.5, 0.6) is 0 Å². The molecule has 0 amide bonds. The van der Waals surface area contributed by atoms with Gasteiger partial charge >= 0.3 is 0 Å². The molecule has 88 valence electrons. The maximum atomic E-state index is 5.60. The van der Waals surface area contributed by atoms with Crippen LogP contribution >= 0.6 is 0 Å².